The third kappa shape index (κ3) is 2.96. The van der Waals surface area contributed by atoms with Gasteiger partial charge in [-0.15, -0.1) is 11.8 Å². The number of carbonyl (C=O) groups is 2. The van der Waals surface area contributed by atoms with E-state index in [1.54, 1.807) is 12.1 Å². The van der Waals surface area contributed by atoms with Gasteiger partial charge in [-0.3, -0.25) is 0 Å². The van der Waals surface area contributed by atoms with Crippen molar-refractivity contribution in [3.63, 3.8) is 0 Å². The third-order valence-corrected chi connectivity index (χ3v) is 4.38. The fraction of sp³-hybridized carbons (Fsp3) is 0.333. The van der Waals surface area contributed by atoms with Gasteiger partial charge in [-0.25, -0.2) is 9.59 Å². The first-order valence-electron chi connectivity index (χ1n) is 5.64. The van der Waals surface area contributed by atoms with Crippen LogP contribution in [0.3, 0.4) is 0 Å². The maximum atomic E-state index is 12.1. The molecule has 1 aliphatic heterocycles. The quantitative estimate of drug-likeness (QED) is 0.881. The van der Waals surface area contributed by atoms with E-state index in [0.717, 1.165) is 5.56 Å². The first-order chi connectivity index (χ1) is 9.00. The molecule has 0 saturated carbocycles. The molecule has 0 aromatic heterocycles. The molecular formula is C12H13ClN2O3S. The molecule has 5 nitrogen and oxygen atoms in total. The van der Waals surface area contributed by atoms with Crippen LogP contribution in [0.4, 0.5) is 10.5 Å². The van der Waals surface area contributed by atoms with Crippen LogP contribution < -0.4 is 5.32 Å². The number of carboxylic acid groups (broad SMARTS) is 1. The van der Waals surface area contributed by atoms with Crippen molar-refractivity contribution in [2.45, 2.75) is 13.0 Å². The minimum atomic E-state index is -0.990. The lowest BCUT2D eigenvalue weighted by Gasteiger charge is -2.21. The van der Waals surface area contributed by atoms with E-state index in [-0.39, 0.29) is 0 Å². The predicted molar refractivity (Wildman–Crippen MR) is 75.8 cm³/mol. The van der Waals surface area contributed by atoms with Crippen molar-refractivity contribution in [2.75, 3.05) is 16.9 Å². The van der Waals surface area contributed by atoms with Crippen molar-refractivity contribution < 1.29 is 14.7 Å². The molecule has 1 aromatic carbocycles. The summed E-state index contributed by atoms with van der Waals surface area (Å²) < 4.78 is 0. The van der Waals surface area contributed by atoms with Crippen LogP contribution in [0.15, 0.2) is 18.2 Å². The van der Waals surface area contributed by atoms with Gasteiger partial charge in [0.2, 0.25) is 0 Å². The van der Waals surface area contributed by atoms with E-state index in [9.17, 15) is 9.59 Å². The van der Waals surface area contributed by atoms with Crippen LogP contribution in [0.25, 0.3) is 0 Å². The monoisotopic (exact) mass is 300 g/mol. The number of carboxylic acids is 1. The number of aryl methyl sites for hydroxylation is 1. The molecule has 2 amide bonds. The lowest BCUT2D eigenvalue weighted by molar-refractivity contribution is -0.140. The molecule has 1 saturated heterocycles. The Kier molecular flexibility index (Phi) is 4.21. The summed E-state index contributed by atoms with van der Waals surface area (Å²) in [6, 6.07) is 4.08. The van der Waals surface area contributed by atoms with E-state index < -0.39 is 18.0 Å². The van der Waals surface area contributed by atoms with Gasteiger partial charge in [-0.2, -0.15) is 0 Å². The number of anilines is 1. The standard InChI is InChI=1S/C12H13ClN2O3S/c1-7-3-2-4-8(10(7)13)14-12(18)15-6-19-5-9(15)11(16)17/h2-4,9H,5-6H2,1H3,(H,14,18)(H,16,17)/t9-/m0/s1. The molecule has 1 atom stereocenters. The number of nitrogens with zero attached hydrogens (tertiary/aromatic N) is 1. The summed E-state index contributed by atoms with van der Waals surface area (Å²) >= 11 is 7.50. The Morgan fingerprint density at radius 2 is 2.26 bits per heavy atom. The molecule has 1 heterocycles. The Morgan fingerprint density at radius 3 is 2.95 bits per heavy atom. The fourth-order valence-corrected chi connectivity index (χ4v) is 3.10. The van der Waals surface area contributed by atoms with E-state index in [0.29, 0.717) is 22.3 Å². The highest BCUT2D eigenvalue weighted by Crippen LogP contribution is 2.27. The highest BCUT2D eigenvalue weighted by atomic mass is 35.5. The summed E-state index contributed by atoms with van der Waals surface area (Å²) in [6.07, 6.45) is 0. The number of halogens is 1. The van der Waals surface area contributed by atoms with Crippen molar-refractivity contribution in [1.82, 2.24) is 4.90 Å². The van der Waals surface area contributed by atoms with Crippen LogP contribution in [0.2, 0.25) is 5.02 Å². The number of hydrogen-bond donors (Lipinski definition) is 2. The Bertz CT molecular complexity index is 524. The van der Waals surface area contributed by atoms with Crippen LogP contribution in [0, 0.1) is 6.92 Å². The molecule has 1 aliphatic rings. The van der Waals surface area contributed by atoms with Gasteiger partial charge in [0, 0.05) is 5.75 Å². The normalized spacial score (nSPS) is 18.4. The summed E-state index contributed by atoms with van der Waals surface area (Å²) in [5.41, 5.74) is 1.35. The number of rotatable bonds is 2. The molecule has 0 unspecified atom stereocenters. The second-order valence-electron chi connectivity index (χ2n) is 4.19. The third-order valence-electron chi connectivity index (χ3n) is 2.86. The number of carbonyl (C=O) groups excluding carboxylic acids is 1. The lowest BCUT2D eigenvalue weighted by atomic mass is 10.2. The van der Waals surface area contributed by atoms with Gasteiger partial charge in [0.15, 0.2) is 0 Å². The lowest BCUT2D eigenvalue weighted by Crippen LogP contribution is -2.44. The molecular weight excluding hydrogens is 288 g/mol. The van der Waals surface area contributed by atoms with Crippen LogP contribution in [-0.2, 0) is 4.79 Å². The van der Waals surface area contributed by atoms with Gasteiger partial charge >= 0.3 is 12.0 Å². The SMILES string of the molecule is Cc1cccc(NC(=O)N2CSC[C@H]2C(=O)O)c1Cl. The minimum absolute atomic E-state index is 0.367. The van der Waals surface area contributed by atoms with Crippen LogP contribution in [0.1, 0.15) is 5.56 Å². The Balaban J connectivity index is 2.13. The average molecular weight is 301 g/mol. The molecule has 102 valence electrons. The number of nitrogens with one attached hydrogen (secondary N) is 1. The molecule has 0 aliphatic carbocycles. The van der Waals surface area contributed by atoms with E-state index in [2.05, 4.69) is 5.32 Å². The maximum absolute atomic E-state index is 12.1. The topological polar surface area (TPSA) is 69.6 Å². The van der Waals surface area contributed by atoms with E-state index in [1.165, 1.54) is 16.7 Å². The average Bonchev–Trinajstić information content (AvgIpc) is 2.84. The predicted octanol–water partition coefficient (Wildman–Crippen LogP) is 2.64. The molecule has 0 radical (unpaired) electrons. The van der Waals surface area contributed by atoms with E-state index in [1.807, 2.05) is 13.0 Å². The zero-order valence-electron chi connectivity index (χ0n) is 10.2. The number of amides is 2. The van der Waals surface area contributed by atoms with Gasteiger partial charge in [0.1, 0.15) is 6.04 Å². The maximum Gasteiger partial charge on any atom is 0.327 e. The van der Waals surface area contributed by atoms with E-state index in [4.69, 9.17) is 16.7 Å². The summed E-state index contributed by atoms with van der Waals surface area (Å²) in [5.74, 6) is -0.216. The van der Waals surface area contributed by atoms with Gasteiger partial charge in [-0.05, 0) is 18.6 Å². The zero-order chi connectivity index (χ0) is 14.0. The fourth-order valence-electron chi connectivity index (χ4n) is 1.78. The van der Waals surface area contributed by atoms with Gasteiger partial charge in [-0.1, -0.05) is 23.7 Å². The second kappa shape index (κ2) is 5.71. The molecule has 7 heteroatoms. The summed E-state index contributed by atoms with van der Waals surface area (Å²) in [7, 11) is 0. The summed E-state index contributed by atoms with van der Waals surface area (Å²) in [4.78, 5) is 24.4. The van der Waals surface area contributed by atoms with Gasteiger partial charge in [0.25, 0.3) is 0 Å². The molecule has 2 rings (SSSR count). The van der Waals surface area contributed by atoms with Crippen molar-refractivity contribution in [3.8, 4) is 0 Å². The minimum Gasteiger partial charge on any atom is -0.480 e. The molecule has 19 heavy (non-hydrogen) atoms. The number of aliphatic carboxylic acids is 1. The highest BCUT2D eigenvalue weighted by Gasteiger charge is 2.34. The van der Waals surface area contributed by atoms with Crippen LogP contribution in [0.5, 0.6) is 0 Å². The second-order valence-corrected chi connectivity index (χ2v) is 5.57. The molecule has 0 bridgehead atoms. The van der Waals surface area contributed by atoms with Gasteiger partial charge < -0.3 is 15.3 Å². The first-order valence-corrected chi connectivity index (χ1v) is 7.17. The van der Waals surface area contributed by atoms with Crippen molar-refractivity contribution in [3.05, 3.63) is 28.8 Å². The largest absolute Gasteiger partial charge is 0.480 e. The number of benzene rings is 1. The van der Waals surface area contributed by atoms with Crippen LogP contribution >= 0.6 is 23.4 Å². The number of urea groups is 1. The number of thioether (sulfide) groups is 1. The molecule has 2 N–H and O–H groups in total. The molecule has 0 spiro atoms. The van der Waals surface area contributed by atoms with Gasteiger partial charge in [0.05, 0.1) is 16.6 Å². The van der Waals surface area contributed by atoms with Crippen molar-refractivity contribution in [2.24, 2.45) is 0 Å². The Labute approximate surface area is 119 Å². The van der Waals surface area contributed by atoms with Crippen molar-refractivity contribution >= 4 is 41.1 Å². The summed E-state index contributed by atoms with van der Waals surface area (Å²) in [5, 5.41) is 12.2. The Morgan fingerprint density at radius 1 is 1.53 bits per heavy atom. The zero-order valence-corrected chi connectivity index (χ0v) is 11.8. The first kappa shape index (κ1) is 14.0. The molecule has 1 fully saturated rings. The highest BCUT2D eigenvalue weighted by molar-refractivity contribution is 7.99. The smallest absolute Gasteiger partial charge is 0.327 e. The van der Waals surface area contributed by atoms with E-state index >= 15 is 0 Å². The van der Waals surface area contributed by atoms with Crippen LogP contribution in [-0.4, -0.2) is 39.7 Å². The molecule has 1 aromatic rings. The number of hydrogen-bond acceptors (Lipinski definition) is 3. The summed E-state index contributed by atoms with van der Waals surface area (Å²) in [6.45, 7) is 1.84. The Hall–Kier alpha value is -1.40. The van der Waals surface area contributed by atoms with Crippen molar-refractivity contribution in [1.29, 1.82) is 0 Å².